The van der Waals surface area contributed by atoms with Crippen molar-refractivity contribution in [3.63, 3.8) is 0 Å². The van der Waals surface area contributed by atoms with Crippen molar-refractivity contribution in [2.45, 2.75) is 10.8 Å². The smallest absolute Gasteiger partial charge is 0.416 e. The van der Waals surface area contributed by atoms with Crippen LogP contribution in [0.2, 0.25) is 0 Å². The molecule has 3 nitrogen and oxygen atoms in total. The Kier molecular flexibility index (Phi) is 5.72. The van der Waals surface area contributed by atoms with Gasteiger partial charge in [0.1, 0.15) is 0 Å². The fourth-order valence-electron chi connectivity index (χ4n) is 2.45. The number of halogens is 3. The lowest BCUT2D eigenvalue weighted by Crippen LogP contribution is -2.12. The number of carbonyl (C=O) groups excluding carboxylic acids is 1. The molecule has 2 aromatic rings. The lowest BCUT2D eigenvalue weighted by atomic mass is 10.1. The maximum Gasteiger partial charge on any atom is 0.416 e. The van der Waals surface area contributed by atoms with Crippen molar-refractivity contribution in [3.05, 3.63) is 59.2 Å². The molecule has 0 amide bonds. The molecule has 0 bridgehead atoms. The SMILES string of the molecule is COc1cc(C2SCCS2)ccc1OC(=O)c1cccc(C(F)(F)F)c1. The van der Waals surface area contributed by atoms with E-state index >= 15 is 0 Å². The Labute approximate surface area is 157 Å². The minimum Gasteiger partial charge on any atom is -0.493 e. The minimum absolute atomic E-state index is 0.173. The van der Waals surface area contributed by atoms with Gasteiger partial charge in [-0.25, -0.2) is 4.79 Å². The van der Waals surface area contributed by atoms with Crippen LogP contribution in [-0.4, -0.2) is 24.6 Å². The first kappa shape index (κ1) is 19.0. The van der Waals surface area contributed by atoms with E-state index in [1.54, 1.807) is 12.1 Å². The molecule has 138 valence electrons. The molecule has 1 saturated heterocycles. The minimum atomic E-state index is -4.52. The van der Waals surface area contributed by atoms with Crippen LogP contribution in [0.25, 0.3) is 0 Å². The van der Waals surface area contributed by atoms with Crippen LogP contribution in [0.4, 0.5) is 13.2 Å². The number of rotatable bonds is 4. The first-order valence-corrected chi connectivity index (χ1v) is 9.79. The van der Waals surface area contributed by atoms with Crippen LogP contribution in [0.3, 0.4) is 0 Å². The zero-order valence-corrected chi connectivity index (χ0v) is 15.3. The largest absolute Gasteiger partial charge is 0.493 e. The lowest BCUT2D eigenvalue weighted by Gasteiger charge is -2.14. The van der Waals surface area contributed by atoms with E-state index in [9.17, 15) is 18.0 Å². The summed E-state index contributed by atoms with van der Waals surface area (Å²) in [6.45, 7) is 0. The number of ether oxygens (including phenoxy) is 2. The standard InChI is InChI=1S/C18H15F3O3S2/c1-23-15-10-12(17-25-7-8-26-17)5-6-14(15)24-16(22)11-3-2-4-13(9-11)18(19,20)21/h2-6,9-10,17H,7-8H2,1H3. The number of hydrogen-bond donors (Lipinski definition) is 0. The van der Waals surface area contributed by atoms with E-state index in [4.69, 9.17) is 9.47 Å². The normalized spacial score (nSPS) is 15.1. The zero-order valence-electron chi connectivity index (χ0n) is 13.7. The fraction of sp³-hybridized carbons (Fsp3) is 0.278. The van der Waals surface area contributed by atoms with E-state index in [0.29, 0.717) is 10.3 Å². The Bertz CT molecular complexity index is 803. The van der Waals surface area contributed by atoms with Crippen molar-refractivity contribution in [3.8, 4) is 11.5 Å². The fourth-order valence-corrected chi connectivity index (χ4v) is 5.29. The molecule has 0 saturated carbocycles. The predicted molar refractivity (Wildman–Crippen MR) is 97.1 cm³/mol. The predicted octanol–water partition coefficient (Wildman–Crippen LogP) is 5.41. The molecule has 26 heavy (non-hydrogen) atoms. The third kappa shape index (κ3) is 4.29. The summed E-state index contributed by atoms with van der Waals surface area (Å²) in [5.74, 6) is 1.82. The Morgan fingerprint density at radius 3 is 2.46 bits per heavy atom. The number of esters is 1. The Morgan fingerprint density at radius 1 is 1.08 bits per heavy atom. The lowest BCUT2D eigenvalue weighted by molar-refractivity contribution is -0.137. The number of alkyl halides is 3. The van der Waals surface area contributed by atoms with Crippen molar-refractivity contribution >= 4 is 29.5 Å². The molecule has 1 heterocycles. The summed E-state index contributed by atoms with van der Waals surface area (Å²) in [5, 5.41) is 0. The van der Waals surface area contributed by atoms with Crippen LogP contribution in [0.15, 0.2) is 42.5 Å². The maximum absolute atomic E-state index is 12.8. The first-order chi connectivity index (χ1) is 12.4. The second-order valence-corrected chi connectivity index (χ2v) is 8.18. The highest BCUT2D eigenvalue weighted by molar-refractivity contribution is 8.19. The average Bonchev–Trinajstić information content (AvgIpc) is 3.16. The van der Waals surface area contributed by atoms with Gasteiger partial charge in [0, 0.05) is 11.5 Å². The van der Waals surface area contributed by atoms with Gasteiger partial charge in [0.25, 0.3) is 0 Å². The summed E-state index contributed by atoms with van der Waals surface area (Å²) in [6.07, 6.45) is -4.52. The van der Waals surface area contributed by atoms with Crippen molar-refractivity contribution in [2.75, 3.05) is 18.6 Å². The van der Waals surface area contributed by atoms with Crippen molar-refractivity contribution < 1.29 is 27.4 Å². The van der Waals surface area contributed by atoms with Crippen LogP contribution in [0.5, 0.6) is 11.5 Å². The van der Waals surface area contributed by atoms with E-state index in [-0.39, 0.29) is 11.3 Å². The molecule has 0 unspecified atom stereocenters. The van der Waals surface area contributed by atoms with Gasteiger partial charge in [-0.2, -0.15) is 13.2 Å². The quantitative estimate of drug-likeness (QED) is 0.506. The summed E-state index contributed by atoms with van der Waals surface area (Å²) in [6, 6.07) is 9.38. The van der Waals surface area contributed by atoms with Gasteiger partial charge in [-0.05, 0) is 35.9 Å². The summed E-state index contributed by atoms with van der Waals surface area (Å²) in [5.41, 5.74) is -0.0226. The Balaban J connectivity index is 1.81. The van der Waals surface area contributed by atoms with Gasteiger partial charge in [0.2, 0.25) is 0 Å². The zero-order chi connectivity index (χ0) is 18.7. The molecule has 1 aliphatic heterocycles. The van der Waals surface area contributed by atoms with Gasteiger partial charge in [0.05, 0.1) is 22.8 Å². The van der Waals surface area contributed by atoms with Gasteiger partial charge in [-0.1, -0.05) is 12.1 Å². The number of thioether (sulfide) groups is 2. The number of benzene rings is 2. The van der Waals surface area contributed by atoms with Gasteiger partial charge >= 0.3 is 12.1 Å². The Morgan fingerprint density at radius 2 is 1.81 bits per heavy atom. The second-order valence-electron chi connectivity index (χ2n) is 5.45. The molecular formula is C18H15F3O3S2. The van der Waals surface area contributed by atoms with Crippen LogP contribution < -0.4 is 9.47 Å². The molecule has 0 radical (unpaired) electrons. The molecule has 0 aliphatic carbocycles. The van der Waals surface area contributed by atoms with E-state index < -0.39 is 17.7 Å². The highest BCUT2D eigenvalue weighted by atomic mass is 32.2. The average molecular weight is 400 g/mol. The Hall–Kier alpha value is -1.80. The van der Waals surface area contributed by atoms with E-state index in [0.717, 1.165) is 29.2 Å². The summed E-state index contributed by atoms with van der Waals surface area (Å²) in [4.78, 5) is 12.2. The summed E-state index contributed by atoms with van der Waals surface area (Å²) in [7, 11) is 1.45. The van der Waals surface area contributed by atoms with Crippen LogP contribution in [0.1, 0.15) is 26.1 Å². The topological polar surface area (TPSA) is 35.5 Å². The monoisotopic (exact) mass is 400 g/mol. The molecule has 0 N–H and O–H groups in total. The molecule has 1 aliphatic rings. The van der Waals surface area contributed by atoms with Gasteiger partial charge < -0.3 is 9.47 Å². The van der Waals surface area contributed by atoms with E-state index in [1.807, 2.05) is 29.6 Å². The van der Waals surface area contributed by atoms with E-state index in [2.05, 4.69) is 0 Å². The number of carbonyl (C=O) groups is 1. The first-order valence-electron chi connectivity index (χ1n) is 7.69. The van der Waals surface area contributed by atoms with E-state index in [1.165, 1.54) is 19.2 Å². The second kappa shape index (κ2) is 7.84. The van der Waals surface area contributed by atoms with Crippen molar-refractivity contribution in [1.29, 1.82) is 0 Å². The highest BCUT2D eigenvalue weighted by Gasteiger charge is 2.31. The van der Waals surface area contributed by atoms with Crippen LogP contribution >= 0.6 is 23.5 Å². The van der Waals surface area contributed by atoms with Crippen LogP contribution in [0, 0.1) is 0 Å². The van der Waals surface area contributed by atoms with Crippen molar-refractivity contribution in [1.82, 2.24) is 0 Å². The molecule has 0 spiro atoms. The molecule has 0 atom stereocenters. The molecule has 1 fully saturated rings. The third-order valence-corrected chi connectivity index (χ3v) is 6.81. The summed E-state index contributed by atoms with van der Waals surface area (Å²) >= 11 is 3.66. The molecular weight excluding hydrogens is 385 g/mol. The van der Waals surface area contributed by atoms with Crippen LogP contribution in [-0.2, 0) is 6.18 Å². The van der Waals surface area contributed by atoms with Gasteiger partial charge in [-0.3, -0.25) is 0 Å². The molecule has 0 aromatic heterocycles. The highest BCUT2D eigenvalue weighted by Crippen LogP contribution is 2.47. The van der Waals surface area contributed by atoms with Crippen molar-refractivity contribution in [2.24, 2.45) is 0 Å². The van der Waals surface area contributed by atoms with Gasteiger partial charge in [-0.15, -0.1) is 23.5 Å². The maximum atomic E-state index is 12.8. The molecule has 3 rings (SSSR count). The van der Waals surface area contributed by atoms with Gasteiger partial charge in [0.15, 0.2) is 11.5 Å². The molecule has 8 heteroatoms. The number of hydrogen-bond acceptors (Lipinski definition) is 5. The summed E-state index contributed by atoms with van der Waals surface area (Å²) < 4.78 is 49.2. The molecule has 2 aromatic carbocycles. The number of methoxy groups -OCH3 is 1. The third-order valence-electron chi connectivity index (χ3n) is 3.71.